The first-order valence-electron chi connectivity index (χ1n) is 5.02. The molecule has 2 N–H and O–H groups in total. The fourth-order valence-electron chi connectivity index (χ4n) is 1.28. The number of aliphatic hydroxyl groups excluding tert-OH is 1. The summed E-state index contributed by atoms with van der Waals surface area (Å²) in [6.45, 7) is 2.47. The number of aliphatic hydroxyl groups is 1. The molecule has 0 aromatic carbocycles. The monoisotopic (exact) mass is 206 g/mol. The van der Waals surface area contributed by atoms with Gasteiger partial charge in [-0.05, 0) is 12.5 Å². The van der Waals surface area contributed by atoms with Gasteiger partial charge in [0.05, 0.1) is 12.3 Å². The number of nitrogens with one attached hydrogen (secondary N) is 1. The summed E-state index contributed by atoms with van der Waals surface area (Å²) in [5, 5.41) is 16.5. The van der Waals surface area contributed by atoms with Gasteiger partial charge in [0.25, 0.3) is 0 Å². The van der Waals surface area contributed by atoms with Crippen molar-refractivity contribution in [1.29, 1.82) is 0 Å². The minimum Gasteiger partial charge on any atom is -0.391 e. The number of hydrogen-bond acceptors (Lipinski definition) is 4. The highest BCUT2D eigenvalue weighted by molar-refractivity contribution is 5.45. The van der Waals surface area contributed by atoms with Crippen molar-refractivity contribution in [2.45, 2.75) is 19.4 Å². The van der Waals surface area contributed by atoms with Gasteiger partial charge in [-0.25, -0.2) is 9.50 Å². The molecule has 15 heavy (non-hydrogen) atoms. The third kappa shape index (κ3) is 2.24. The number of rotatable bonds is 4. The van der Waals surface area contributed by atoms with Gasteiger partial charge in [-0.3, -0.25) is 0 Å². The largest absolute Gasteiger partial charge is 0.391 e. The average molecular weight is 206 g/mol. The van der Waals surface area contributed by atoms with Crippen molar-refractivity contribution in [3.8, 4) is 0 Å². The lowest BCUT2D eigenvalue weighted by molar-refractivity contribution is 0.183. The highest BCUT2D eigenvalue weighted by Crippen LogP contribution is 2.05. The van der Waals surface area contributed by atoms with E-state index in [1.54, 1.807) is 10.7 Å². The Morgan fingerprint density at radius 1 is 1.53 bits per heavy atom. The summed E-state index contributed by atoms with van der Waals surface area (Å²) in [6.07, 6.45) is 3.95. The van der Waals surface area contributed by atoms with Crippen LogP contribution in [0.5, 0.6) is 0 Å². The van der Waals surface area contributed by atoms with E-state index in [4.69, 9.17) is 0 Å². The molecule has 0 amide bonds. The van der Waals surface area contributed by atoms with Crippen molar-refractivity contribution in [2.75, 3.05) is 11.9 Å². The third-order valence-corrected chi connectivity index (χ3v) is 2.25. The molecule has 5 nitrogen and oxygen atoms in total. The lowest BCUT2D eigenvalue weighted by Gasteiger charge is -2.09. The number of hydrogen-bond donors (Lipinski definition) is 2. The molecule has 0 aliphatic heterocycles. The summed E-state index contributed by atoms with van der Waals surface area (Å²) in [4.78, 5) is 4.32. The first-order chi connectivity index (χ1) is 7.29. The SMILES string of the molecule is CCC(O)CNc1ccn2nccc2n1. The Morgan fingerprint density at radius 2 is 2.40 bits per heavy atom. The Morgan fingerprint density at radius 3 is 3.20 bits per heavy atom. The molecular formula is C10H14N4O. The van der Waals surface area contributed by atoms with E-state index in [-0.39, 0.29) is 6.10 Å². The minimum absolute atomic E-state index is 0.326. The van der Waals surface area contributed by atoms with E-state index in [9.17, 15) is 5.11 Å². The molecular weight excluding hydrogens is 192 g/mol. The fourth-order valence-corrected chi connectivity index (χ4v) is 1.28. The van der Waals surface area contributed by atoms with Gasteiger partial charge in [0.2, 0.25) is 0 Å². The molecule has 0 aliphatic rings. The second-order valence-electron chi connectivity index (χ2n) is 3.39. The van der Waals surface area contributed by atoms with Crippen LogP contribution in [0.25, 0.3) is 5.65 Å². The molecule has 2 aromatic heterocycles. The molecule has 0 saturated carbocycles. The molecule has 80 valence electrons. The van der Waals surface area contributed by atoms with Crippen LogP contribution in [0.2, 0.25) is 0 Å². The maximum Gasteiger partial charge on any atom is 0.157 e. The van der Waals surface area contributed by atoms with Crippen molar-refractivity contribution < 1.29 is 5.11 Å². The summed E-state index contributed by atoms with van der Waals surface area (Å²) in [6, 6.07) is 3.67. The standard InChI is InChI=1S/C10H14N4O/c1-2-8(15)7-11-9-4-6-14-10(13-9)3-5-12-14/h3-6,8,15H,2,7H2,1H3,(H,11,13). The quantitative estimate of drug-likeness (QED) is 0.780. The summed E-state index contributed by atoms with van der Waals surface area (Å²) < 4.78 is 1.70. The van der Waals surface area contributed by atoms with Crippen molar-refractivity contribution in [1.82, 2.24) is 14.6 Å². The van der Waals surface area contributed by atoms with Crippen LogP contribution in [0.1, 0.15) is 13.3 Å². The molecule has 0 radical (unpaired) electrons. The molecule has 0 fully saturated rings. The average Bonchev–Trinajstić information content (AvgIpc) is 2.72. The molecule has 0 spiro atoms. The lowest BCUT2D eigenvalue weighted by Crippen LogP contribution is -2.18. The van der Waals surface area contributed by atoms with Crippen LogP contribution < -0.4 is 5.32 Å². The molecule has 0 aliphatic carbocycles. The van der Waals surface area contributed by atoms with Gasteiger partial charge >= 0.3 is 0 Å². The molecule has 1 atom stereocenters. The number of aromatic nitrogens is 3. The van der Waals surface area contributed by atoms with Gasteiger partial charge in [-0.1, -0.05) is 6.92 Å². The van der Waals surface area contributed by atoms with Crippen molar-refractivity contribution in [3.05, 3.63) is 24.5 Å². The molecule has 0 saturated heterocycles. The molecule has 2 aromatic rings. The first-order valence-corrected chi connectivity index (χ1v) is 5.02. The van der Waals surface area contributed by atoms with E-state index in [1.807, 2.05) is 25.3 Å². The zero-order valence-electron chi connectivity index (χ0n) is 8.59. The molecule has 2 rings (SSSR count). The minimum atomic E-state index is -0.326. The van der Waals surface area contributed by atoms with Crippen LogP contribution in [0.4, 0.5) is 5.82 Å². The number of nitrogens with zero attached hydrogens (tertiary/aromatic N) is 3. The predicted molar refractivity (Wildman–Crippen MR) is 57.8 cm³/mol. The van der Waals surface area contributed by atoms with Crippen LogP contribution in [0.3, 0.4) is 0 Å². The molecule has 1 unspecified atom stereocenters. The summed E-state index contributed by atoms with van der Waals surface area (Å²) in [5.41, 5.74) is 0.797. The van der Waals surface area contributed by atoms with Crippen LogP contribution >= 0.6 is 0 Å². The van der Waals surface area contributed by atoms with Gasteiger partial charge in [-0.15, -0.1) is 0 Å². The van der Waals surface area contributed by atoms with Crippen LogP contribution in [-0.2, 0) is 0 Å². The van der Waals surface area contributed by atoms with Gasteiger partial charge < -0.3 is 10.4 Å². The molecule has 5 heteroatoms. The number of anilines is 1. The van der Waals surface area contributed by atoms with E-state index < -0.39 is 0 Å². The van der Waals surface area contributed by atoms with E-state index in [1.165, 1.54) is 0 Å². The van der Waals surface area contributed by atoms with E-state index in [0.717, 1.165) is 17.9 Å². The Labute approximate surface area is 87.8 Å². The zero-order chi connectivity index (χ0) is 10.7. The van der Waals surface area contributed by atoms with Gasteiger partial charge in [0, 0.05) is 18.8 Å². The van der Waals surface area contributed by atoms with Gasteiger partial charge in [0.1, 0.15) is 5.82 Å². The first kappa shape index (κ1) is 9.92. The van der Waals surface area contributed by atoms with Crippen molar-refractivity contribution in [3.63, 3.8) is 0 Å². The summed E-state index contributed by atoms with van der Waals surface area (Å²) >= 11 is 0. The molecule has 0 bridgehead atoms. The zero-order valence-corrected chi connectivity index (χ0v) is 8.59. The highest BCUT2D eigenvalue weighted by atomic mass is 16.3. The van der Waals surface area contributed by atoms with E-state index in [0.29, 0.717) is 6.54 Å². The Kier molecular flexibility index (Phi) is 2.82. The topological polar surface area (TPSA) is 62.5 Å². The number of fused-ring (bicyclic) bond motifs is 1. The van der Waals surface area contributed by atoms with E-state index >= 15 is 0 Å². The smallest absolute Gasteiger partial charge is 0.157 e. The second-order valence-corrected chi connectivity index (χ2v) is 3.39. The Balaban J connectivity index is 2.08. The molecule has 2 heterocycles. The predicted octanol–water partition coefficient (Wildman–Crippen LogP) is 0.912. The summed E-state index contributed by atoms with van der Waals surface area (Å²) in [5.74, 6) is 0.760. The van der Waals surface area contributed by atoms with Gasteiger partial charge in [-0.2, -0.15) is 5.10 Å². The van der Waals surface area contributed by atoms with E-state index in [2.05, 4.69) is 15.4 Å². The Bertz CT molecular complexity index is 440. The lowest BCUT2D eigenvalue weighted by atomic mass is 10.3. The highest BCUT2D eigenvalue weighted by Gasteiger charge is 2.01. The van der Waals surface area contributed by atoms with Crippen molar-refractivity contribution >= 4 is 11.5 Å². The van der Waals surface area contributed by atoms with Crippen LogP contribution in [-0.4, -0.2) is 32.4 Å². The fraction of sp³-hybridized carbons (Fsp3) is 0.400. The third-order valence-electron chi connectivity index (χ3n) is 2.25. The summed E-state index contributed by atoms with van der Waals surface area (Å²) in [7, 11) is 0. The normalized spacial score (nSPS) is 12.9. The Hall–Kier alpha value is -1.62. The van der Waals surface area contributed by atoms with Crippen LogP contribution in [0, 0.1) is 0 Å². The van der Waals surface area contributed by atoms with Gasteiger partial charge in [0.15, 0.2) is 5.65 Å². The maximum absolute atomic E-state index is 9.38. The van der Waals surface area contributed by atoms with Crippen LogP contribution in [0.15, 0.2) is 24.5 Å². The maximum atomic E-state index is 9.38. The second kappa shape index (κ2) is 4.27. The van der Waals surface area contributed by atoms with Crippen molar-refractivity contribution in [2.24, 2.45) is 0 Å².